The summed E-state index contributed by atoms with van der Waals surface area (Å²) in [5, 5.41) is 13.1. The minimum Gasteiger partial charge on any atom is -0.535 e. The lowest BCUT2D eigenvalue weighted by atomic mass is 10.0. The summed E-state index contributed by atoms with van der Waals surface area (Å²) in [6.07, 6.45) is 0. The Morgan fingerprint density at radius 1 is 0.950 bits per heavy atom. The van der Waals surface area contributed by atoms with Gasteiger partial charge < -0.3 is 14.1 Å². The highest BCUT2D eigenvalue weighted by molar-refractivity contribution is 6.23. The summed E-state index contributed by atoms with van der Waals surface area (Å²) in [7, 11) is 0.677. The molecule has 1 radical (unpaired) electrons. The van der Waals surface area contributed by atoms with E-state index in [-0.39, 0.29) is 0 Å². The third kappa shape index (κ3) is 1.52. The van der Waals surface area contributed by atoms with Crippen LogP contribution < -0.4 is 4.65 Å². The first-order chi connectivity index (χ1) is 9.88. The Morgan fingerprint density at radius 2 is 1.70 bits per heavy atom. The highest BCUT2D eigenvalue weighted by Crippen LogP contribution is 2.39. The molecule has 0 fully saturated rings. The quantitative estimate of drug-likeness (QED) is 0.560. The zero-order valence-electron chi connectivity index (χ0n) is 10.5. The molecule has 0 atom stereocenters. The van der Waals surface area contributed by atoms with Crippen molar-refractivity contribution < 1.29 is 14.1 Å². The molecule has 20 heavy (non-hydrogen) atoms. The Morgan fingerprint density at radius 3 is 2.55 bits per heavy atom. The fourth-order valence-corrected chi connectivity index (χ4v) is 2.69. The van der Waals surface area contributed by atoms with E-state index in [0.717, 1.165) is 27.1 Å². The summed E-state index contributed by atoms with van der Waals surface area (Å²) in [6.45, 7) is 0. The Labute approximate surface area is 115 Å². The van der Waals surface area contributed by atoms with Crippen LogP contribution in [0.3, 0.4) is 0 Å². The van der Waals surface area contributed by atoms with Gasteiger partial charge in [0, 0.05) is 10.8 Å². The fourth-order valence-electron chi connectivity index (χ4n) is 2.69. The van der Waals surface area contributed by atoms with Gasteiger partial charge in [-0.2, -0.15) is 0 Å². The Bertz CT molecular complexity index is 927. The van der Waals surface area contributed by atoms with Gasteiger partial charge in [-0.05, 0) is 22.9 Å². The molecule has 4 heteroatoms. The van der Waals surface area contributed by atoms with Gasteiger partial charge in [0.1, 0.15) is 11.3 Å². The predicted molar refractivity (Wildman–Crippen MR) is 79.8 cm³/mol. The molecule has 3 nitrogen and oxygen atoms in total. The van der Waals surface area contributed by atoms with E-state index >= 15 is 0 Å². The van der Waals surface area contributed by atoms with E-state index in [1.165, 1.54) is 0 Å². The third-order valence-corrected chi connectivity index (χ3v) is 3.52. The van der Waals surface area contributed by atoms with Crippen molar-refractivity contribution >= 4 is 40.4 Å². The molecule has 0 aliphatic carbocycles. The molecular weight excluding hydrogens is 251 g/mol. The number of fused-ring (bicyclic) bond motifs is 5. The number of para-hydroxylation sites is 1. The van der Waals surface area contributed by atoms with E-state index in [1.54, 1.807) is 0 Å². The van der Waals surface area contributed by atoms with Crippen molar-refractivity contribution in [2.45, 2.75) is 0 Å². The highest BCUT2D eigenvalue weighted by atomic mass is 16.5. The maximum absolute atomic E-state index is 8.94. The molecule has 0 saturated heterocycles. The molecule has 0 amide bonds. The lowest BCUT2D eigenvalue weighted by Gasteiger charge is -2.05. The Kier molecular flexibility index (Phi) is 2.44. The maximum atomic E-state index is 8.94. The highest BCUT2D eigenvalue weighted by Gasteiger charge is 2.15. The minimum atomic E-state index is 0.511. The van der Waals surface area contributed by atoms with E-state index < -0.39 is 0 Å². The second kappa shape index (κ2) is 4.29. The van der Waals surface area contributed by atoms with Gasteiger partial charge in [-0.25, -0.2) is 0 Å². The molecule has 0 aliphatic rings. The smallest absolute Gasteiger partial charge is 0.535 e. The second-order valence-corrected chi connectivity index (χ2v) is 4.62. The Hall–Kier alpha value is -2.46. The number of hydrogen-bond donors (Lipinski definition) is 1. The molecule has 0 unspecified atom stereocenters. The van der Waals surface area contributed by atoms with E-state index in [1.807, 2.05) is 48.5 Å². The summed E-state index contributed by atoms with van der Waals surface area (Å²) < 4.78 is 11.1. The van der Waals surface area contributed by atoms with Crippen LogP contribution in [-0.4, -0.2) is 12.7 Å². The van der Waals surface area contributed by atoms with Crippen molar-refractivity contribution in [3.8, 4) is 5.75 Å². The number of hydrogen-bond acceptors (Lipinski definition) is 3. The first-order valence-electron chi connectivity index (χ1n) is 6.34. The summed E-state index contributed by atoms with van der Waals surface area (Å²) in [5.74, 6) is 0.511. The summed E-state index contributed by atoms with van der Waals surface area (Å²) in [5.41, 5.74) is 1.46. The zero-order chi connectivity index (χ0) is 13.5. The van der Waals surface area contributed by atoms with Crippen LogP contribution in [0.4, 0.5) is 0 Å². The van der Waals surface area contributed by atoms with Gasteiger partial charge in [0.25, 0.3) is 0 Å². The SMILES string of the molecule is O[B]Oc1cc2ccccc2c2c1oc1ccccc12. The van der Waals surface area contributed by atoms with Crippen molar-refractivity contribution in [3.63, 3.8) is 0 Å². The van der Waals surface area contributed by atoms with E-state index in [2.05, 4.69) is 6.07 Å². The van der Waals surface area contributed by atoms with Crippen LogP contribution in [0, 0.1) is 0 Å². The number of benzene rings is 3. The lowest BCUT2D eigenvalue weighted by molar-refractivity contribution is 0.451. The molecule has 4 rings (SSSR count). The van der Waals surface area contributed by atoms with Crippen LogP contribution in [0.25, 0.3) is 32.7 Å². The topological polar surface area (TPSA) is 42.6 Å². The fraction of sp³-hybridized carbons (Fsp3) is 0. The first-order valence-corrected chi connectivity index (χ1v) is 6.34. The summed E-state index contributed by atoms with van der Waals surface area (Å²) in [4.78, 5) is 0. The van der Waals surface area contributed by atoms with Crippen molar-refractivity contribution in [2.24, 2.45) is 0 Å². The minimum absolute atomic E-state index is 0.511. The van der Waals surface area contributed by atoms with Crippen molar-refractivity contribution in [2.75, 3.05) is 0 Å². The molecule has 1 N–H and O–H groups in total. The van der Waals surface area contributed by atoms with Crippen LogP contribution in [0.5, 0.6) is 5.75 Å². The molecule has 0 saturated carbocycles. The van der Waals surface area contributed by atoms with Crippen LogP contribution in [-0.2, 0) is 0 Å². The molecular formula is C16H10BO3. The van der Waals surface area contributed by atoms with Crippen LogP contribution in [0.1, 0.15) is 0 Å². The number of furan rings is 1. The van der Waals surface area contributed by atoms with E-state index in [0.29, 0.717) is 19.0 Å². The largest absolute Gasteiger partial charge is 0.569 e. The summed E-state index contributed by atoms with van der Waals surface area (Å²) >= 11 is 0. The average molecular weight is 261 g/mol. The van der Waals surface area contributed by atoms with Gasteiger partial charge >= 0.3 is 7.69 Å². The molecule has 95 valence electrons. The van der Waals surface area contributed by atoms with Gasteiger partial charge in [0.15, 0.2) is 5.58 Å². The number of rotatable bonds is 2. The van der Waals surface area contributed by atoms with Gasteiger partial charge in [-0.15, -0.1) is 0 Å². The molecule has 0 spiro atoms. The van der Waals surface area contributed by atoms with E-state index in [4.69, 9.17) is 14.1 Å². The molecule has 4 aromatic rings. The molecule has 0 bridgehead atoms. The van der Waals surface area contributed by atoms with Crippen molar-refractivity contribution in [1.82, 2.24) is 0 Å². The monoisotopic (exact) mass is 261 g/mol. The standard InChI is InChI=1S/C16H10BO3/c18-17-20-14-9-10-5-1-2-6-11(10)15-12-7-3-4-8-13(12)19-16(14)15/h1-9,18H. The van der Waals surface area contributed by atoms with Gasteiger partial charge in [0.05, 0.1) is 0 Å². The summed E-state index contributed by atoms with van der Waals surface area (Å²) in [6, 6.07) is 17.8. The van der Waals surface area contributed by atoms with Crippen molar-refractivity contribution in [3.05, 3.63) is 54.6 Å². The van der Waals surface area contributed by atoms with Gasteiger partial charge in [0.2, 0.25) is 0 Å². The second-order valence-electron chi connectivity index (χ2n) is 4.62. The normalized spacial score (nSPS) is 11.2. The predicted octanol–water partition coefficient (Wildman–Crippen LogP) is 3.64. The van der Waals surface area contributed by atoms with E-state index in [9.17, 15) is 0 Å². The van der Waals surface area contributed by atoms with Crippen LogP contribution in [0.2, 0.25) is 0 Å². The molecule has 1 heterocycles. The van der Waals surface area contributed by atoms with Crippen LogP contribution in [0.15, 0.2) is 59.0 Å². The van der Waals surface area contributed by atoms with Crippen molar-refractivity contribution in [1.29, 1.82) is 0 Å². The zero-order valence-corrected chi connectivity index (χ0v) is 10.5. The molecule has 0 aliphatic heterocycles. The van der Waals surface area contributed by atoms with Gasteiger partial charge in [-0.1, -0.05) is 42.5 Å². The average Bonchev–Trinajstić information content (AvgIpc) is 2.88. The first kappa shape index (κ1) is 11.4. The Balaban J connectivity index is 2.27. The molecule has 3 aromatic carbocycles. The maximum Gasteiger partial charge on any atom is 0.569 e. The van der Waals surface area contributed by atoms with Gasteiger partial charge in [-0.3, -0.25) is 0 Å². The third-order valence-electron chi connectivity index (χ3n) is 3.52. The molecule has 1 aromatic heterocycles. The van der Waals surface area contributed by atoms with Crippen LogP contribution >= 0.6 is 0 Å². The lowest BCUT2D eigenvalue weighted by Crippen LogP contribution is -1.99.